The number of nitrogens with one attached hydrogen (secondary N) is 1. The van der Waals surface area contributed by atoms with Gasteiger partial charge in [-0.3, -0.25) is 9.59 Å². The Labute approximate surface area is 264 Å². The monoisotopic (exact) mass is 651 g/mol. The SMILES string of the molecule is CC1CN(c2ncc(-c3c(F)cc(N4CCN(C)C(C)C4)c(NC(=O)C(=C/N(C)C)/C(=C\C=O)C(F)(F)F)c3F)cn2)CC(C)O1. The third-order valence-electron chi connectivity index (χ3n) is 7.83. The zero-order valence-electron chi connectivity index (χ0n) is 26.5. The average Bonchev–Trinajstić information content (AvgIpc) is 2.96. The zero-order valence-corrected chi connectivity index (χ0v) is 26.5. The van der Waals surface area contributed by atoms with Crippen LogP contribution in [0.2, 0.25) is 0 Å². The van der Waals surface area contributed by atoms with E-state index in [1.807, 2.05) is 37.6 Å². The molecule has 3 atom stereocenters. The molecular formula is C31H38F5N7O3. The number of carbonyl (C=O) groups excluding carboxylic acids is 2. The van der Waals surface area contributed by atoms with E-state index in [4.69, 9.17) is 4.74 Å². The molecule has 0 aliphatic carbocycles. The number of benzene rings is 1. The minimum Gasteiger partial charge on any atom is -0.383 e. The summed E-state index contributed by atoms with van der Waals surface area (Å²) in [6, 6.07) is 1.01. The molecule has 250 valence electrons. The molecule has 1 N–H and O–H groups in total. The molecular weight excluding hydrogens is 613 g/mol. The molecule has 46 heavy (non-hydrogen) atoms. The summed E-state index contributed by atoms with van der Waals surface area (Å²) in [5, 5.41) is 2.28. The first-order valence-electron chi connectivity index (χ1n) is 14.7. The molecule has 2 saturated heterocycles. The molecule has 4 rings (SSSR count). The number of alkyl halides is 3. The van der Waals surface area contributed by atoms with Gasteiger partial charge < -0.3 is 29.7 Å². The number of amides is 1. The number of hydrogen-bond donors (Lipinski definition) is 1. The van der Waals surface area contributed by atoms with E-state index < -0.39 is 46.1 Å². The van der Waals surface area contributed by atoms with Crippen molar-refractivity contribution in [1.82, 2.24) is 19.8 Å². The number of allylic oxidation sites excluding steroid dienone is 1. The van der Waals surface area contributed by atoms with Crippen molar-refractivity contribution in [1.29, 1.82) is 0 Å². The largest absolute Gasteiger partial charge is 0.417 e. The van der Waals surface area contributed by atoms with Gasteiger partial charge in [0, 0.05) is 83.1 Å². The minimum absolute atomic E-state index is 0.0359. The van der Waals surface area contributed by atoms with Gasteiger partial charge in [-0.1, -0.05) is 0 Å². The molecule has 1 aromatic heterocycles. The maximum Gasteiger partial charge on any atom is 0.417 e. The van der Waals surface area contributed by atoms with Gasteiger partial charge in [-0.25, -0.2) is 18.7 Å². The van der Waals surface area contributed by atoms with Crippen molar-refractivity contribution in [3.63, 3.8) is 0 Å². The number of rotatable bonds is 8. The number of piperazine rings is 1. The van der Waals surface area contributed by atoms with Crippen LogP contribution in [0.4, 0.5) is 39.3 Å². The maximum atomic E-state index is 16.5. The van der Waals surface area contributed by atoms with Gasteiger partial charge in [-0.2, -0.15) is 13.2 Å². The summed E-state index contributed by atoms with van der Waals surface area (Å²) in [5.74, 6) is -3.19. The summed E-state index contributed by atoms with van der Waals surface area (Å²) in [7, 11) is 4.67. The first kappa shape index (κ1) is 34.8. The van der Waals surface area contributed by atoms with Crippen molar-refractivity contribution < 1.29 is 36.3 Å². The second-order valence-electron chi connectivity index (χ2n) is 11.8. The standard InChI is InChI=1S/C31H38F5N7O3/c1-18-14-42(9-8-41(18)6)25-11-24(32)26(21-12-37-30(38-13-21)43-15-19(2)46-20(3)16-43)27(33)28(25)39-29(45)22(17-40(4)5)23(7-10-44)31(34,35)36/h7,10-13,17-20H,8-9,14-16H2,1-6H3,(H,39,45)/b22-17+,23-7+. The first-order valence-corrected chi connectivity index (χ1v) is 14.7. The fourth-order valence-corrected chi connectivity index (χ4v) is 5.56. The number of aldehydes is 1. The van der Waals surface area contributed by atoms with Gasteiger partial charge in [-0.05, 0) is 33.9 Å². The van der Waals surface area contributed by atoms with E-state index in [0.717, 1.165) is 12.3 Å². The molecule has 2 aromatic rings. The average molecular weight is 652 g/mol. The number of likely N-dealkylation sites (N-methyl/N-ethyl adjacent to an activating group) is 1. The second-order valence-corrected chi connectivity index (χ2v) is 11.8. The van der Waals surface area contributed by atoms with Crippen molar-refractivity contribution in [2.75, 3.05) is 69.0 Å². The van der Waals surface area contributed by atoms with Crippen LogP contribution in [0.15, 0.2) is 41.9 Å². The third-order valence-corrected chi connectivity index (χ3v) is 7.83. The number of morpholine rings is 1. The summed E-state index contributed by atoms with van der Waals surface area (Å²) >= 11 is 0. The lowest BCUT2D eigenvalue weighted by molar-refractivity contribution is -0.115. The van der Waals surface area contributed by atoms with Gasteiger partial charge in [0.25, 0.3) is 5.91 Å². The highest BCUT2D eigenvalue weighted by Gasteiger charge is 2.39. The lowest BCUT2D eigenvalue weighted by atomic mass is 10.0. The fourth-order valence-electron chi connectivity index (χ4n) is 5.56. The van der Waals surface area contributed by atoms with Gasteiger partial charge in [0.05, 0.1) is 34.6 Å². The topological polar surface area (TPSA) is 94.1 Å². The molecule has 1 aromatic carbocycles. The normalized spacial score (nSPS) is 21.8. The van der Waals surface area contributed by atoms with Crippen LogP contribution in [-0.2, 0) is 14.3 Å². The van der Waals surface area contributed by atoms with Crippen LogP contribution >= 0.6 is 0 Å². The summed E-state index contributed by atoms with van der Waals surface area (Å²) in [6.07, 6.45) is -1.73. The number of nitrogens with zero attached hydrogens (tertiary/aromatic N) is 6. The fraction of sp³-hybridized carbons (Fsp3) is 0.484. The van der Waals surface area contributed by atoms with Gasteiger partial charge in [-0.15, -0.1) is 0 Å². The van der Waals surface area contributed by atoms with Gasteiger partial charge in [0.2, 0.25) is 5.95 Å². The van der Waals surface area contributed by atoms with Crippen molar-refractivity contribution in [2.45, 2.75) is 45.2 Å². The molecule has 10 nitrogen and oxygen atoms in total. The summed E-state index contributed by atoms with van der Waals surface area (Å²) < 4.78 is 80.0. The Morgan fingerprint density at radius 2 is 1.67 bits per heavy atom. The molecule has 0 bridgehead atoms. The van der Waals surface area contributed by atoms with Gasteiger partial charge in [0.1, 0.15) is 17.8 Å². The highest BCUT2D eigenvalue weighted by molar-refractivity contribution is 6.09. The van der Waals surface area contributed by atoms with Crippen LogP contribution in [0, 0.1) is 11.6 Å². The van der Waals surface area contributed by atoms with Crippen molar-refractivity contribution in [3.8, 4) is 11.1 Å². The van der Waals surface area contributed by atoms with Crippen LogP contribution in [0.1, 0.15) is 20.8 Å². The van der Waals surface area contributed by atoms with Crippen LogP contribution in [0.25, 0.3) is 11.1 Å². The smallest absolute Gasteiger partial charge is 0.383 e. The van der Waals surface area contributed by atoms with Crippen LogP contribution in [0.3, 0.4) is 0 Å². The van der Waals surface area contributed by atoms with E-state index >= 15 is 8.78 Å². The van der Waals surface area contributed by atoms with Gasteiger partial charge in [0.15, 0.2) is 5.82 Å². The van der Waals surface area contributed by atoms with E-state index in [-0.39, 0.29) is 41.9 Å². The number of halogens is 5. The quantitative estimate of drug-likeness (QED) is 0.195. The number of hydrogen-bond acceptors (Lipinski definition) is 9. The molecule has 2 aliphatic rings. The zero-order chi connectivity index (χ0) is 33.9. The highest BCUT2D eigenvalue weighted by atomic mass is 19.4. The van der Waals surface area contributed by atoms with Gasteiger partial charge >= 0.3 is 6.18 Å². The molecule has 2 aliphatic heterocycles. The Hall–Kier alpha value is -4.11. The van der Waals surface area contributed by atoms with E-state index in [2.05, 4.69) is 15.3 Å². The van der Waals surface area contributed by atoms with E-state index in [9.17, 15) is 22.8 Å². The Balaban J connectivity index is 1.81. The Kier molecular flexibility index (Phi) is 10.7. The third kappa shape index (κ3) is 7.81. The molecule has 1 amide bonds. The Bertz CT molecular complexity index is 1490. The van der Waals surface area contributed by atoms with Crippen molar-refractivity contribution in [2.24, 2.45) is 0 Å². The first-order chi connectivity index (χ1) is 21.6. The second kappa shape index (κ2) is 14.1. The number of aromatic nitrogens is 2. The van der Waals surface area contributed by atoms with E-state index in [0.29, 0.717) is 38.7 Å². The Morgan fingerprint density at radius 1 is 1.04 bits per heavy atom. The summed E-state index contributed by atoms with van der Waals surface area (Å²) in [4.78, 5) is 40.1. The number of carbonyl (C=O) groups is 2. The van der Waals surface area contributed by atoms with Crippen LogP contribution < -0.4 is 15.1 Å². The van der Waals surface area contributed by atoms with E-state index in [1.165, 1.54) is 31.4 Å². The molecule has 2 fully saturated rings. The molecule has 3 unspecified atom stereocenters. The maximum absolute atomic E-state index is 16.5. The Morgan fingerprint density at radius 3 is 2.22 bits per heavy atom. The molecule has 0 saturated carbocycles. The van der Waals surface area contributed by atoms with Crippen molar-refractivity contribution >= 4 is 29.5 Å². The summed E-state index contributed by atoms with van der Waals surface area (Å²) in [6.45, 7) is 7.94. The number of ether oxygens (including phenoxy) is 1. The van der Waals surface area contributed by atoms with E-state index in [1.54, 1.807) is 4.90 Å². The molecule has 0 radical (unpaired) electrons. The van der Waals surface area contributed by atoms with Crippen LogP contribution in [0.5, 0.6) is 0 Å². The molecule has 15 heteroatoms. The number of anilines is 3. The highest BCUT2D eigenvalue weighted by Crippen LogP contribution is 2.40. The van der Waals surface area contributed by atoms with Crippen LogP contribution in [-0.4, -0.2) is 110 Å². The predicted octanol–water partition coefficient (Wildman–Crippen LogP) is 4.25. The lowest BCUT2D eigenvalue weighted by Crippen LogP contribution is -2.50. The predicted molar refractivity (Wildman–Crippen MR) is 165 cm³/mol. The minimum atomic E-state index is -5.09. The molecule has 3 heterocycles. The molecule has 0 spiro atoms. The van der Waals surface area contributed by atoms with Crippen molar-refractivity contribution in [3.05, 3.63) is 53.5 Å². The lowest BCUT2D eigenvalue weighted by Gasteiger charge is -2.40. The summed E-state index contributed by atoms with van der Waals surface area (Å²) in [5.41, 5.74) is -3.62.